The summed E-state index contributed by atoms with van der Waals surface area (Å²) in [4.78, 5) is 2.62. The van der Waals surface area contributed by atoms with Crippen molar-refractivity contribution < 1.29 is 4.74 Å². The number of rotatable bonds is 7. The molecule has 1 fully saturated rings. The lowest BCUT2D eigenvalue weighted by atomic mass is 10.0. The SMILES string of the molecule is COc1ccccc1CC(C)N(CC1CCCN1)C(C)C. The van der Waals surface area contributed by atoms with Crippen LogP contribution in [0.4, 0.5) is 0 Å². The van der Waals surface area contributed by atoms with Crippen LogP contribution in [0.2, 0.25) is 0 Å². The summed E-state index contributed by atoms with van der Waals surface area (Å²) in [6.45, 7) is 9.26. The van der Waals surface area contributed by atoms with Gasteiger partial charge in [-0.2, -0.15) is 0 Å². The molecule has 0 amide bonds. The molecule has 0 bridgehead atoms. The zero-order chi connectivity index (χ0) is 15.2. The van der Waals surface area contributed by atoms with Crippen molar-refractivity contribution in [1.82, 2.24) is 10.2 Å². The fourth-order valence-electron chi connectivity index (χ4n) is 3.37. The van der Waals surface area contributed by atoms with Crippen LogP contribution in [0, 0.1) is 0 Å². The molecule has 118 valence electrons. The van der Waals surface area contributed by atoms with E-state index in [1.165, 1.54) is 24.9 Å². The molecule has 3 heteroatoms. The first-order chi connectivity index (χ1) is 10.1. The number of benzene rings is 1. The molecule has 1 aliphatic heterocycles. The second-order valence-electron chi connectivity index (χ2n) is 6.45. The molecule has 21 heavy (non-hydrogen) atoms. The van der Waals surface area contributed by atoms with Crippen LogP contribution in [0.15, 0.2) is 24.3 Å². The smallest absolute Gasteiger partial charge is 0.122 e. The van der Waals surface area contributed by atoms with Crippen molar-refractivity contribution in [1.29, 1.82) is 0 Å². The standard InChI is InChI=1S/C18H30N2O/c1-14(2)20(13-17-9-7-11-19-17)15(3)12-16-8-5-6-10-18(16)21-4/h5-6,8,10,14-15,17,19H,7,9,11-13H2,1-4H3. The molecule has 1 N–H and O–H groups in total. The van der Waals surface area contributed by atoms with Crippen LogP contribution < -0.4 is 10.1 Å². The van der Waals surface area contributed by atoms with Gasteiger partial charge < -0.3 is 10.1 Å². The number of ether oxygens (including phenoxy) is 1. The van der Waals surface area contributed by atoms with Crippen LogP contribution in [-0.4, -0.2) is 43.2 Å². The van der Waals surface area contributed by atoms with E-state index in [4.69, 9.17) is 4.74 Å². The highest BCUT2D eigenvalue weighted by Crippen LogP contribution is 2.22. The van der Waals surface area contributed by atoms with Crippen molar-refractivity contribution in [2.75, 3.05) is 20.2 Å². The summed E-state index contributed by atoms with van der Waals surface area (Å²) in [7, 11) is 1.76. The molecule has 3 nitrogen and oxygen atoms in total. The van der Waals surface area contributed by atoms with E-state index in [9.17, 15) is 0 Å². The van der Waals surface area contributed by atoms with Crippen LogP contribution in [0.1, 0.15) is 39.2 Å². The predicted molar refractivity (Wildman–Crippen MR) is 89.0 cm³/mol. The number of nitrogens with zero attached hydrogens (tertiary/aromatic N) is 1. The summed E-state index contributed by atoms with van der Waals surface area (Å²) < 4.78 is 5.49. The van der Waals surface area contributed by atoms with Gasteiger partial charge in [0.1, 0.15) is 5.75 Å². The van der Waals surface area contributed by atoms with Crippen LogP contribution in [0.3, 0.4) is 0 Å². The van der Waals surface area contributed by atoms with Gasteiger partial charge in [0.25, 0.3) is 0 Å². The molecule has 1 aromatic rings. The number of hydrogen-bond donors (Lipinski definition) is 1. The van der Waals surface area contributed by atoms with Gasteiger partial charge in [0.15, 0.2) is 0 Å². The molecule has 2 rings (SSSR count). The predicted octanol–water partition coefficient (Wildman–Crippen LogP) is 3.09. The minimum Gasteiger partial charge on any atom is -0.496 e. The normalized spacial score (nSPS) is 20.2. The minimum atomic E-state index is 0.517. The number of nitrogens with one attached hydrogen (secondary N) is 1. The van der Waals surface area contributed by atoms with E-state index >= 15 is 0 Å². The largest absolute Gasteiger partial charge is 0.496 e. The van der Waals surface area contributed by atoms with E-state index in [0.29, 0.717) is 18.1 Å². The van der Waals surface area contributed by atoms with Gasteiger partial charge >= 0.3 is 0 Å². The highest BCUT2D eigenvalue weighted by molar-refractivity contribution is 5.33. The summed E-state index contributed by atoms with van der Waals surface area (Å²) in [6, 6.07) is 10.1. The summed E-state index contributed by atoms with van der Waals surface area (Å²) in [6.07, 6.45) is 3.66. The van der Waals surface area contributed by atoms with Gasteiger partial charge in [0.2, 0.25) is 0 Å². The molecule has 0 aliphatic carbocycles. The van der Waals surface area contributed by atoms with Crippen LogP contribution in [0.25, 0.3) is 0 Å². The Labute approximate surface area is 129 Å². The second-order valence-corrected chi connectivity index (χ2v) is 6.45. The summed E-state index contributed by atoms with van der Waals surface area (Å²) in [5.74, 6) is 1.01. The van der Waals surface area contributed by atoms with Crippen molar-refractivity contribution in [2.45, 2.75) is 58.2 Å². The zero-order valence-electron chi connectivity index (χ0n) is 13.9. The Bertz CT molecular complexity index is 427. The van der Waals surface area contributed by atoms with Gasteiger partial charge in [-0.1, -0.05) is 18.2 Å². The van der Waals surface area contributed by atoms with E-state index in [1.54, 1.807) is 7.11 Å². The number of methoxy groups -OCH3 is 1. The van der Waals surface area contributed by atoms with Crippen LogP contribution >= 0.6 is 0 Å². The Kier molecular flexibility index (Phi) is 6.07. The summed E-state index contributed by atoms with van der Waals surface area (Å²) >= 11 is 0. The molecule has 1 aliphatic rings. The maximum atomic E-state index is 5.49. The highest BCUT2D eigenvalue weighted by Gasteiger charge is 2.24. The first-order valence-corrected chi connectivity index (χ1v) is 8.22. The summed E-state index contributed by atoms with van der Waals surface area (Å²) in [5.41, 5.74) is 1.30. The lowest BCUT2D eigenvalue weighted by Crippen LogP contribution is -2.46. The van der Waals surface area contributed by atoms with Crippen LogP contribution in [0.5, 0.6) is 5.75 Å². The first-order valence-electron chi connectivity index (χ1n) is 8.22. The zero-order valence-corrected chi connectivity index (χ0v) is 13.9. The van der Waals surface area contributed by atoms with E-state index < -0.39 is 0 Å². The molecule has 0 saturated carbocycles. The maximum Gasteiger partial charge on any atom is 0.122 e. The first kappa shape index (κ1) is 16.3. The third-order valence-corrected chi connectivity index (χ3v) is 4.53. The molecule has 1 saturated heterocycles. The van der Waals surface area contributed by atoms with E-state index in [-0.39, 0.29) is 0 Å². The van der Waals surface area contributed by atoms with Gasteiger partial charge in [-0.15, -0.1) is 0 Å². The van der Waals surface area contributed by atoms with Crippen molar-refractivity contribution >= 4 is 0 Å². The van der Waals surface area contributed by atoms with Gasteiger partial charge in [0, 0.05) is 24.7 Å². The Balaban J connectivity index is 2.02. The Morgan fingerprint density at radius 2 is 2.05 bits per heavy atom. The molecule has 1 heterocycles. The topological polar surface area (TPSA) is 24.5 Å². The quantitative estimate of drug-likeness (QED) is 0.835. The molecule has 0 aromatic heterocycles. The molecule has 2 unspecified atom stereocenters. The van der Waals surface area contributed by atoms with E-state index in [1.807, 2.05) is 6.07 Å². The van der Waals surface area contributed by atoms with Crippen LogP contribution in [-0.2, 0) is 6.42 Å². The molecular weight excluding hydrogens is 260 g/mol. The average molecular weight is 290 g/mol. The van der Waals surface area contributed by atoms with Crippen molar-refractivity contribution in [2.24, 2.45) is 0 Å². The maximum absolute atomic E-state index is 5.49. The molecular formula is C18H30N2O. The number of para-hydroxylation sites is 1. The molecule has 1 aromatic carbocycles. The second kappa shape index (κ2) is 7.81. The number of hydrogen-bond acceptors (Lipinski definition) is 3. The monoisotopic (exact) mass is 290 g/mol. The lowest BCUT2D eigenvalue weighted by molar-refractivity contribution is 0.148. The molecule has 0 spiro atoms. The molecule has 0 radical (unpaired) electrons. The van der Waals surface area contributed by atoms with Crippen molar-refractivity contribution in [3.8, 4) is 5.75 Å². The Hall–Kier alpha value is -1.06. The average Bonchev–Trinajstić information content (AvgIpc) is 2.98. The van der Waals surface area contributed by atoms with Gasteiger partial charge in [-0.3, -0.25) is 4.90 Å². The Morgan fingerprint density at radius 1 is 1.29 bits per heavy atom. The fraction of sp³-hybridized carbons (Fsp3) is 0.667. The third-order valence-electron chi connectivity index (χ3n) is 4.53. The minimum absolute atomic E-state index is 0.517. The van der Waals surface area contributed by atoms with Gasteiger partial charge in [-0.25, -0.2) is 0 Å². The third kappa shape index (κ3) is 4.45. The van der Waals surface area contributed by atoms with Crippen molar-refractivity contribution in [3.63, 3.8) is 0 Å². The lowest BCUT2D eigenvalue weighted by Gasteiger charge is -2.35. The van der Waals surface area contributed by atoms with Gasteiger partial charge in [-0.05, 0) is 58.2 Å². The Morgan fingerprint density at radius 3 is 2.67 bits per heavy atom. The highest BCUT2D eigenvalue weighted by atomic mass is 16.5. The molecule has 2 atom stereocenters. The fourth-order valence-corrected chi connectivity index (χ4v) is 3.37. The van der Waals surface area contributed by atoms with E-state index in [0.717, 1.165) is 18.7 Å². The van der Waals surface area contributed by atoms with Gasteiger partial charge in [0.05, 0.1) is 7.11 Å². The van der Waals surface area contributed by atoms with Crippen molar-refractivity contribution in [3.05, 3.63) is 29.8 Å². The van der Waals surface area contributed by atoms with E-state index in [2.05, 4.69) is 49.2 Å². The summed E-state index contributed by atoms with van der Waals surface area (Å²) in [5, 5.41) is 3.62.